The van der Waals surface area contributed by atoms with Gasteiger partial charge < -0.3 is 4.74 Å². The van der Waals surface area contributed by atoms with Crippen LogP contribution >= 0.6 is 15.9 Å². The summed E-state index contributed by atoms with van der Waals surface area (Å²) in [5.41, 5.74) is 0. The molecule has 1 heterocycles. The first-order chi connectivity index (χ1) is 9.34. The number of nitrogens with zero attached hydrogens (tertiary/aromatic N) is 1. The van der Waals surface area contributed by atoms with Crippen LogP contribution in [0, 0.1) is 11.8 Å². The summed E-state index contributed by atoms with van der Waals surface area (Å²) >= 11 is 3.34. The van der Waals surface area contributed by atoms with Crippen molar-refractivity contribution in [1.82, 2.24) is 4.31 Å². The zero-order valence-corrected chi connectivity index (χ0v) is 14.4. The maximum atomic E-state index is 12.7. The van der Waals surface area contributed by atoms with Crippen molar-refractivity contribution < 1.29 is 13.2 Å². The fraction of sp³-hybridized carbons (Fsp3) is 0.571. The number of ether oxygens (including phenoxy) is 1. The Morgan fingerprint density at radius 3 is 2.40 bits per heavy atom. The van der Waals surface area contributed by atoms with Crippen molar-refractivity contribution in [2.45, 2.75) is 25.2 Å². The minimum Gasteiger partial charge on any atom is -0.496 e. The van der Waals surface area contributed by atoms with E-state index in [4.69, 9.17) is 4.74 Å². The van der Waals surface area contributed by atoms with Crippen molar-refractivity contribution in [3.8, 4) is 5.75 Å². The van der Waals surface area contributed by atoms with E-state index in [0.29, 0.717) is 35.6 Å². The van der Waals surface area contributed by atoms with E-state index in [0.717, 1.165) is 10.9 Å². The molecule has 1 aromatic rings. The molecule has 0 saturated carbocycles. The second-order valence-corrected chi connectivity index (χ2v) is 8.36. The number of benzene rings is 1. The van der Waals surface area contributed by atoms with Gasteiger partial charge in [0, 0.05) is 19.2 Å². The van der Waals surface area contributed by atoms with Gasteiger partial charge >= 0.3 is 0 Å². The Bertz CT molecular complexity index is 578. The molecule has 1 saturated heterocycles. The van der Waals surface area contributed by atoms with Crippen molar-refractivity contribution in [1.29, 1.82) is 0 Å². The van der Waals surface area contributed by atoms with E-state index in [1.54, 1.807) is 22.5 Å². The molecular formula is C14H20BrNO3S. The fourth-order valence-corrected chi connectivity index (χ4v) is 4.86. The monoisotopic (exact) mass is 361 g/mol. The van der Waals surface area contributed by atoms with E-state index in [9.17, 15) is 8.42 Å². The SMILES string of the molecule is COc1cc(S(=O)(=O)N2C[C@H](C)C[C@@H](C)C2)ccc1Br. The minimum atomic E-state index is -3.44. The van der Waals surface area contributed by atoms with Crippen LogP contribution in [0.4, 0.5) is 0 Å². The highest BCUT2D eigenvalue weighted by molar-refractivity contribution is 9.10. The smallest absolute Gasteiger partial charge is 0.243 e. The number of hydrogen-bond donors (Lipinski definition) is 0. The second kappa shape index (κ2) is 6.03. The Morgan fingerprint density at radius 2 is 1.85 bits per heavy atom. The number of piperidine rings is 1. The molecule has 0 N–H and O–H groups in total. The lowest BCUT2D eigenvalue weighted by atomic mass is 9.94. The molecule has 112 valence electrons. The lowest BCUT2D eigenvalue weighted by molar-refractivity contribution is 0.222. The fourth-order valence-electron chi connectivity index (χ4n) is 2.75. The molecule has 0 aliphatic carbocycles. The topological polar surface area (TPSA) is 46.6 Å². The van der Waals surface area contributed by atoms with Crippen molar-refractivity contribution >= 4 is 26.0 Å². The van der Waals surface area contributed by atoms with Crippen molar-refractivity contribution in [2.75, 3.05) is 20.2 Å². The number of halogens is 1. The molecule has 0 amide bonds. The number of hydrogen-bond acceptors (Lipinski definition) is 3. The molecule has 0 aromatic heterocycles. The van der Waals surface area contributed by atoms with Crippen LogP contribution in [-0.2, 0) is 10.0 Å². The quantitative estimate of drug-likeness (QED) is 0.830. The maximum Gasteiger partial charge on any atom is 0.243 e. The van der Waals surface area contributed by atoms with Gasteiger partial charge in [-0.15, -0.1) is 0 Å². The summed E-state index contributed by atoms with van der Waals surface area (Å²) in [6.45, 7) is 5.37. The Labute approximate surface area is 129 Å². The summed E-state index contributed by atoms with van der Waals surface area (Å²) < 4.78 is 32.9. The van der Waals surface area contributed by atoms with Gasteiger partial charge in [-0.05, 0) is 46.3 Å². The third-order valence-corrected chi connectivity index (χ3v) is 6.08. The van der Waals surface area contributed by atoms with Gasteiger partial charge in [-0.25, -0.2) is 8.42 Å². The van der Waals surface area contributed by atoms with Gasteiger partial charge in [0.15, 0.2) is 0 Å². The zero-order chi connectivity index (χ0) is 14.9. The van der Waals surface area contributed by atoms with E-state index in [-0.39, 0.29) is 0 Å². The molecule has 0 unspecified atom stereocenters. The molecule has 1 fully saturated rings. The second-order valence-electron chi connectivity index (χ2n) is 5.56. The molecule has 2 atom stereocenters. The first-order valence-electron chi connectivity index (χ1n) is 6.68. The van der Waals surface area contributed by atoms with Gasteiger partial charge in [0.25, 0.3) is 0 Å². The van der Waals surface area contributed by atoms with Gasteiger partial charge in [0.2, 0.25) is 10.0 Å². The molecule has 0 spiro atoms. The van der Waals surface area contributed by atoms with Crippen LogP contribution in [0.2, 0.25) is 0 Å². The Kier molecular flexibility index (Phi) is 4.76. The van der Waals surface area contributed by atoms with Gasteiger partial charge in [-0.1, -0.05) is 13.8 Å². The predicted molar refractivity (Wildman–Crippen MR) is 82.4 cm³/mol. The summed E-state index contributed by atoms with van der Waals surface area (Å²) in [5.74, 6) is 1.32. The molecular weight excluding hydrogens is 342 g/mol. The number of methoxy groups -OCH3 is 1. The average Bonchev–Trinajstić information content (AvgIpc) is 2.37. The summed E-state index contributed by atoms with van der Waals surface area (Å²) in [4.78, 5) is 0.291. The summed E-state index contributed by atoms with van der Waals surface area (Å²) in [7, 11) is -1.92. The largest absolute Gasteiger partial charge is 0.496 e. The number of rotatable bonds is 3. The lowest BCUT2D eigenvalue weighted by Crippen LogP contribution is -2.42. The molecule has 20 heavy (non-hydrogen) atoms. The Balaban J connectivity index is 2.34. The molecule has 0 bridgehead atoms. The van der Waals surface area contributed by atoms with Crippen molar-refractivity contribution in [3.05, 3.63) is 22.7 Å². The lowest BCUT2D eigenvalue weighted by Gasteiger charge is -2.34. The summed E-state index contributed by atoms with van der Waals surface area (Å²) in [6.07, 6.45) is 1.08. The van der Waals surface area contributed by atoms with Gasteiger partial charge in [0.05, 0.1) is 16.5 Å². The molecule has 2 rings (SSSR count). The summed E-state index contributed by atoms with van der Waals surface area (Å²) in [5, 5.41) is 0. The molecule has 4 nitrogen and oxygen atoms in total. The van der Waals surface area contributed by atoms with E-state index in [1.165, 1.54) is 7.11 Å². The van der Waals surface area contributed by atoms with Crippen molar-refractivity contribution in [3.63, 3.8) is 0 Å². The molecule has 1 aromatic carbocycles. The Hall–Kier alpha value is -0.590. The van der Waals surface area contributed by atoms with Crippen LogP contribution in [0.15, 0.2) is 27.6 Å². The normalized spacial score (nSPS) is 24.6. The zero-order valence-electron chi connectivity index (χ0n) is 12.0. The number of sulfonamides is 1. The highest BCUT2D eigenvalue weighted by atomic mass is 79.9. The molecule has 0 radical (unpaired) electrons. The van der Waals surface area contributed by atoms with Crippen LogP contribution in [0.25, 0.3) is 0 Å². The van der Waals surface area contributed by atoms with Crippen LogP contribution in [-0.4, -0.2) is 32.9 Å². The van der Waals surface area contributed by atoms with Crippen LogP contribution in [0.1, 0.15) is 20.3 Å². The van der Waals surface area contributed by atoms with E-state index >= 15 is 0 Å². The van der Waals surface area contributed by atoms with Crippen LogP contribution in [0.5, 0.6) is 5.75 Å². The standard InChI is InChI=1S/C14H20BrNO3S/c1-10-6-11(2)9-16(8-10)20(17,18)12-4-5-13(15)14(7-12)19-3/h4-5,7,10-11H,6,8-9H2,1-3H3/t10-,11-/m1/s1. The highest BCUT2D eigenvalue weighted by Gasteiger charge is 2.31. The average molecular weight is 362 g/mol. The Morgan fingerprint density at radius 1 is 1.25 bits per heavy atom. The van der Waals surface area contributed by atoms with E-state index in [2.05, 4.69) is 29.8 Å². The third kappa shape index (κ3) is 3.18. The van der Waals surface area contributed by atoms with E-state index in [1.807, 2.05) is 0 Å². The van der Waals surface area contributed by atoms with Gasteiger partial charge in [-0.3, -0.25) is 0 Å². The highest BCUT2D eigenvalue weighted by Crippen LogP contribution is 2.31. The first kappa shape index (κ1) is 15.8. The maximum absolute atomic E-state index is 12.7. The minimum absolute atomic E-state index is 0.291. The molecule has 1 aliphatic heterocycles. The van der Waals surface area contributed by atoms with Crippen molar-refractivity contribution in [2.24, 2.45) is 11.8 Å². The van der Waals surface area contributed by atoms with Crippen LogP contribution < -0.4 is 4.74 Å². The van der Waals surface area contributed by atoms with E-state index < -0.39 is 10.0 Å². The molecule has 1 aliphatic rings. The van der Waals surface area contributed by atoms with Gasteiger partial charge in [0.1, 0.15) is 5.75 Å². The summed E-state index contributed by atoms with van der Waals surface area (Å²) in [6, 6.07) is 4.90. The predicted octanol–water partition coefficient (Wildman–Crippen LogP) is 3.12. The molecule has 6 heteroatoms. The third-order valence-electron chi connectivity index (χ3n) is 3.60. The van der Waals surface area contributed by atoms with Gasteiger partial charge in [-0.2, -0.15) is 4.31 Å². The first-order valence-corrected chi connectivity index (χ1v) is 8.91. The van der Waals surface area contributed by atoms with Crippen LogP contribution in [0.3, 0.4) is 0 Å².